The first-order chi connectivity index (χ1) is 3.39. The smallest absolute Gasteiger partial charge is 0 e. The summed E-state index contributed by atoms with van der Waals surface area (Å²) in [5, 5.41) is 0. The Morgan fingerprint density at radius 1 is 1.10 bits per heavy atom. The molecule has 0 aromatic heterocycles. The SMILES string of the molecule is [CH2-]C1C=CC=C[CH-]1.[Y].[Y].[Y]. The van der Waals surface area contributed by atoms with Crippen LogP contribution in [0.1, 0.15) is 0 Å². The van der Waals surface area contributed by atoms with Gasteiger partial charge in [0.25, 0.3) is 0 Å². The minimum absolute atomic E-state index is 0. The molecule has 0 aromatic rings. The second-order valence-corrected chi connectivity index (χ2v) is 1.63. The fraction of sp³-hybridized carbons (Fsp3) is 0.143. The molecule has 0 nitrogen and oxygen atoms in total. The van der Waals surface area contributed by atoms with Crippen LogP contribution in [0.4, 0.5) is 0 Å². The van der Waals surface area contributed by atoms with Crippen molar-refractivity contribution in [2.75, 3.05) is 0 Å². The largest absolute Gasteiger partial charge is 0.349 e. The molecule has 1 rings (SSSR count). The van der Waals surface area contributed by atoms with Crippen molar-refractivity contribution >= 4 is 0 Å². The van der Waals surface area contributed by atoms with Gasteiger partial charge in [0.1, 0.15) is 0 Å². The molecule has 0 fully saturated rings. The molecule has 0 amide bonds. The summed E-state index contributed by atoms with van der Waals surface area (Å²) >= 11 is 0. The van der Waals surface area contributed by atoms with Crippen LogP contribution in [0.2, 0.25) is 0 Å². The van der Waals surface area contributed by atoms with Gasteiger partial charge in [0.2, 0.25) is 0 Å². The molecule has 1 aliphatic rings. The number of hydrogen-bond donors (Lipinski definition) is 0. The molecule has 0 bridgehead atoms. The van der Waals surface area contributed by atoms with Crippen molar-refractivity contribution in [1.29, 1.82) is 0 Å². The van der Waals surface area contributed by atoms with Crippen molar-refractivity contribution in [3.05, 3.63) is 37.6 Å². The molecule has 0 saturated carbocycles. The van der Waals surface area contributed by atoms with Gasteiger partial charge in [-0.1, -0.05) is 0 Å². The summed E-state index contributed by atoms with van der Waals surface area (Å²) in [7, 11) is 0. The molecule has 3 heteroatoms. The summed E-state index contributed by atoms with van der Waals surface area (Å²) in [6, 6.07) is 0. The molecule has 0 heterocycles. The standard InChI is InChI=1S/C7H8.3Y/c1-7-5-3-2-4-6-7;;;/h2-7H,1H2;;;/q-2;;;. The van der Waals surface area contributed by atoms with Crippen molar-refractivity contribution < 1.29 is 98.1 Å². The molecule has 0 saturated heterocycles. The summed E-state index contributed by atoms with van der Waals surface area (Å²) in [6.07, 6.45) is 10.1. The molecule has 3 radical (unpaired) electrons. The Hall–Kier alpha value is 2.66. The van der Waals surface area contributed by atoms with E-state index in [1.165, 1.54) is 0 Å². The van der Waals surface area contributed by atoms with Gasteiger partial charge in [-0.05, 0) is 0 Å². The predicted molar refractivity (Wildman–Crippen MR) is 31.4 cm³/mol. The predicted octanol–water partition coefficient (Wildman–Crippen LogP) is 1.76. The van der Waals surface area contributed by atoms with Gasteiger partial charge in [-0.2, -0.15) is 6.08 Å². The van der Waals surface area contributed by atoms with Crippen LogP contribution in [0, 0.1) is 19.3 Å². The molecule has 10 heavy (non-hydrogen) atoms. The Labute approximate surface area is 139 Å². The Balaban J connectivity index is -0.000000163. The Morgan fingerprint density at radius 2 is 1.70 bits per heavy atom. The summed E-state index contributed by atoms with van der Waals surface area (Å²) in [4.78, 5) is 0. The molecular weight excluding hydrogens is 351 g/mol. The molecule has 1 aliphatic carbocycles. The Morgan fingerprint density at radius 3 is 1.90 bits per heavy atom. The van der Waals surface area contributed by atoms with Crippen LogP contribution in [0.15, 0.2) is 24.3 Å². The van der Waals surface area contributed by atoms with Crippen molar-refractivity contribution in [1.82, 2.24) is 0 Å². The molecular formula is C7H8Y3-2. The zero-order chi connectivity index (χ0) is 5.11. The van der Waals surface area contributed by atoms with Crippen LogP contribution >= 0.6 is 0 Å². The molecule has 0 spiro atoms. The van der Waals surface area contributed by atoms with E-state index in [4.69, 9.17) is 0 Å². The third-order valence-electron chi connectivity index (χ3n) is 0.939. The monoisotopic (exact) mass is 359 g/mol. The van der Waals surface area contributed by atoms with Crippen molar-refractivity contribution in [2.24, 2.45) is 5.92 Å². The number of hydrogen-bond acceptors (Lipinski definition) is 0. The number of allylic oxidation sites excluding steroid dienone is 4. The fourth-order valence-corrected chi connectivity index (χ4v) is 0.542. The zero-order valence-electron chi connectivity index (χ0n) is 5.90. The van der Waals surface area contributed by atoms with Crippen LogP contribution < -0.4 is 0 Å². The molecule has 0 aromatic carbocycles. The van der Waals surface area contributed by atoms with E-state index in [0.29, 0.717) is 5.92 Å². The van der Waals surface area contributed by atoms with Gasteiger partial charge >= 0.3 is 0 Å². The van der Waals surface area contributed by atoms with E-state index in [2.05, 4.69) is 19.4 Å². The van der Waals surface area contributed by atoms with Crippen molar-refractivity contribution in [2.45, 2.75) is 0 Å². The maximum absolute atomic E-state index is 3.80. The van der Waals surface area contributed by atoms with E-state index in [0.717, 1.165) is 0 Å². The first kappa shape index (κ1) is 18.4. The first-order valence-corrected chi connectivity index (χ1v) is 2.41. The number of rotatable bonds is 0. The summed E-state index contributed by atoms with van der Waals surface area (Å²) < 4.78 is 0. The van der Waals surface area contributed by atoms with E-state index >= 15 is 0 Å². The quantitative estimate of drug-likeness (QED) is 0.579. The van der Waals surface area contributed by atoms with Gasteiger partial charge in [0, 0.05) is 98.1 Å². The van der Waals surface area contributed by atoms with Crippen LogP contribution in [0.25, 0.3) is 0 Å². The molecule has 47 valence electrons. The molecule has 1 atom stereocenters. The van der Waals surface area contributed by atoms with Gasteiger partial charge < -0.3 is 6.92 Å². The normalized spacial score (nSPS) is 19.1. The Bertz CT molecular complexity index is 107. The van der Waals surface area contributed by atoms with Gasteiger partial charge in [0.15, 0.2) is 0 Å². The van der Waals surface area contributed by atoms with Gasteiger partial charge in [-0.3, -0.25) is 6.42 Å². The third-order valence-corrected chi connectivity index (χ3v) is 0.939. The maximum atomic E-state index is 3.80. The Kier molecular flexibility index (Phi) is 21.5. The van der Waals surface area contributed by atoms with Crippen LogP contribution in [0.5, 0.6) is 0 Å². The van der Waals surface area contributed by atoms with E-state index in [1.807, 2.05) is 18.2 Å². The third kappa shape index (κ3) is 8.76. The van der Waals surface area contributed by atoms with E-state index < -0.39 is 0 Å². The average Bonchev–Trinajstić information content (AvgIpc) is 1.69. The van der Waals surface area contributed by atoms with Crippen LogP contribution in [-0.4, -0.2) is 0 Å². The second kappa shape index (κ2) is 11.7. The maximum Gasteiger partial charge on any atom is 0 e. The summed E-state index contributed by atoms with van der Waals surface area (Å²) in [6.45, 7) is 3.80. The minimum Gasteiger partial charge on any atom is -0.349 e. The van der Waals surface area contributed by atoms with Gasteiger partial charge in [0.05, 0.1) is 0 Å². The summed E-state index contributed by atoms with van der Waals surface area (Å²) in [5.74, 6) is 0.394. The van der Waals surface area contributed by atoms with E-state index in [-0.39, 0.29) is 98.1 Å². The van der Waals surface area contributed by atoms with Crippen LogP contribution in [0.3, 0.4) is 0 Å². The van der Waals surface area contributed by atoms with Crippen molar-refractivity contribution in [3.8, 4) is 0 Å². The van der Waals surface area contributed by atoms with Crippen molar-refractivity contribution in [3.63, 3.8) is 0 Å². The zero-order valence-corrected chi connectivity index (χ0v) is 14.4. The molecule has 0 N–H and O–H groups in total. The van der Waals surface area contributed by atoms with E-state index in [9.17, 15) is 0 Å². The molecule has 0 aliphatic heterocycles. The van der Waals surface area contributed by atoms with E-state index in [1.54, 1.807) is 0 Å². The van der Waals surface area contributed by atoms with Crippen LogP contribution in [-0.2, 0) is 98.1 Å². The summed E-state index contributed by atoms with van der Waals surface area (Å²) in [5.41, 5.74) is 0. The minimum atomic E-state index is 0. The average molecular weight is 359 g/mol. The molecule has 1 unspecified atom stereocenters. The first-order valence-electron chi connectivity index (χ1n) is 2.41. The van der Waals surface area contributed by atoms with Gasteiger partial charge in [-0.15, -0.1) is 6.08 Å². The second-order valence-electron chi connectivity index (χ2n) is 1.63. The van der Waals surface area contributed by atoms with Gasteiger partial charge in [-0.25, -0.2) is 18.1 Å². The topological polar surface area (TPSA) is 0 Å². The fourth-order valence-electron chi connectivity index (χ4n) is 0.542.